The molecule has 1 aromatic rings. The molecule has 0 radical (unpaired) electrons. The molecule has 0 aliphatic carbocycles. The van der Waals surface area contributed by atoms with Crippen LogP contribution < -0.4 is 11.3 Å². The van der Waals surface area contributed by atoms with Crippen molar-refractivity contribution < 1.29 is 14.1 Å². The summed E-state index contributed by atoms with van der Waals surface area (Å²) in [5.74, 6) is 5.19. The average molecular weight is 240 g/mol. The van der Waals surface area contributed by atoms with Crippen molar-refractivity contribution in [3.63, 3.8) is 0 Å². The molecule has 0 saturated carbocycles. The Hall–Kier alpha value is -1.44. The normalized spacial score (nSPS) is 19.8. The number of likely N-dealkylation sites (N-methyl/N-ethyl adjacent to an activating group) is 1. The number of nitrogen functional groups attached to an aromatic ring is 1. The van der Waals surface area contributed by atoms with E-state index in [0.29, 0.717) is 18.3 Å². The molecule has 1 aliphatic rings. The number of aromatic nitrogens is 1. The zero-order valence-electron chi connectivity index (χ0n) is 9.68. The van der Waals surface area contributed by atoms with Crippen LogP contribution in [0.3, 0.4) is 0 Å². The number of hydrogen-bond acceptors (Lipinski definition) is 6. The van der Waals surface area contributed by atoms with Crippen molar-refractivity contribution in [2.24, 2.45) is 5.84 Å². The third-order valence-electron chi connectivity index (χ3n) is 2.86. The van der Waals surface area contributed by atoms with E-state index in [9.17, 15) is 4.79 Å². The number of hydrazine groups is 1. The SMILES string of the molecule is CN(Cc1cc(C(=O)NN)no1)C1CCOC1. The summed E-state index contributed by atoms with van der Waals surface area (Å²) in [6, 6.07) is 1.99. The van der Waals surface area contributed by atoms with Gasteiger partial charge >= 0.3 is 0 Å². The molecule has 2 rings (SSSR count). The Bertz CT molecular complexity index is 387. The lowest BCUT2D eigenvalue weighted by Gasteiger charge is -2.20. The third-order valence-corrected chi connectivity index (χ3v) is 2.86. The summed E-state index contributed by atoms with van der Waals surface area (Å²) in [6.07, 6.45) is 1.01. The molecular formula is C10H16N4O3. The van der Waals surface area contributed by atoms with E-state index in [1.165, 1.54) is 0 Å². The van der Waals surface area contributed by atoms with Crippen LogP contribution in [0.5, 0.6) is 0 Å². The van der Waals surface area contributed by atoms with Crippen LogP contribution >= 0.6 is 0 Å². The van der Waals surface area contributed by atoms with Crippen LogP contribution in [-0.4, -0.2) is 42.3 Å². The van der Waals surface area contributed by atoms with E-state index in [0.717, 1.165) is 19.6 Å². The molecule has 94 valence electrons. The molecule has 0 bridgehead atoms. The minimum Gasteiger partial charge on any atom is -0.380 e. The van der Waals surface area contributed by atoms with Gasteiger partial charge in [-0.05, 0) is 13.5 Å². The van der Waals surface area contributed by atoms with Crippen molar-refractivity contribution in [2.75, 3.05) is 20.3 Å². The number of ether oxygens (including phenoxy) is 1. The minimum absolute atomic E-state index is 0.193. The van der Waals surface area contributed by atoms with Crippen molar-refractivity contribution >= 4 is 5.91 Å². The predicted molar refractivity (Wildman–Crippen MR) is 58.8 cm³/mol. The Kier molecular flexibility index (Phi) is 3.72. The number of nitrogens with one attached hydrogen (secondary N) is 1. The number of nitrogens with zero attached hydrogens (tertiary/aromatic N) is 2. The van der Waals surface area contributed by atoms with Crippen molar-refractivity contribution in [1.82, 2.24) is 15.5 Å². The second kappa shape index (κ2) is 5.26. The first-order chi connectivity index (χ1) is 8.20. The van der Waals surface area contributed by atoms with Crippen LogP contribution in [0.15, 0.2) is 10.6 Å². The van der Waals surface area contributed by atoms with Gasteiger partial charge in [0.25, 0.3) is 5.91 Å². The number of carbonyl (C=O) groups excluding carboxylic acids is 1. The summed E-state index contributed by atoms with van der Waals surface area (Å²) >= 11 is 0. The highest BCUT2D eigenvalue weighted by Crippen LogP contribution is 2.14. The topological polar surface area (TPSA) is 93.6 Å². The smallest absolute Gasteiger partial charge is 0.287 e. The second-order valence-electron chi connectivity index (χ2n) is 4.08. The van der Waals surface area contributed by atoms with Gasteiger partial charge in [0.2, 0.25) is 0 Å². The van der Waals surface area contributed by atoms with Gasteiger partial charge < -0.3 is 9.26 Å². The second-order valence-corrected chi connectivity index (χ2v) is 4.08. The molecule has 3 N–H and O–H groups in total. The predicted octanol–water partition coefficient (Wildman–Crippen LogP) is -0.501. The number of rotatable bonds is 4. The zero-order chi connectivity index (χ0) is 12.3. The lowest BCUT2D eigenvalue weighted by atomic mass is 10.2. The van der Waals surface area contributed by atoms with Crippen LogP contribution in [0.25, 0.3) is 0 Å². The van der Waals surface area contributed by atoms with Crippen LogP contribution in [0.1, 0.15) is 22.7 Å². The van der Waals surface area contributed by atoms with Crippen molar-refractivity contribution in [1.29, 1.82) is 0 Å². The molecule has 1 unspecified atom stereocenters. The minimum atomic E-state index is -0.452. The molecule has 1 atom stereocenters. The first-order valence-corrected chi connectivity index (χ1v) is 5.45. The molecule has 7 nitrogen and oxygen atoms in total. The Labute approximate surface area is 98.8 Å². The Morgan fingerprint density at radius 2 is 2.59 bits per heavy atom. The maximum Gasteiger partial charge on any atom is 0.287 e. The van der Waals surface area contributed by atoms with Gasteiger partial charge in [-0.2, -0.15) is 0 Å². The van der Waals surface area contributed by atoms with Crippen LogP contribution in [0.2, 0.25) is 0 Å². The van der Waals surface area contributed by atoms with Crippen molar-refractivity contribution in [3.8, 4) is 0 Å². The Balaban J connectivity index is 1.94. The summed E-state index contributed by atoms with van der Waals surface area (Å²) in [5, 5.41) is 3.64. The largest absolute Gasteiger partial charge is 0.380 e. The van der Waals surface area contributed by atoms with E-state index in [1.807, 2.05) is 12.5 Å². The van der Waals surface area contributed by atoms with Gasteiger partial charge in [-0.15, -0.1) is 0 Å². The summed E-state index contributed by atoms with van der Waals surface area (Å²) in [6.45, 7) is 2.13. The number of carbonyl (C=O) groups is 1. The lowest BCUT2D eigenvalue weighted by molar-refractivity contribution is 0.0944. The fourth-order valence-electron chi connectivity index (χ4n) is 1.81. The van der Waals surface area contributed by atoms with Gasteiger partial charge in [-0.1, -0.05) is 5.16 Å². The van der Waals surface area contributed by atoms with Gasteiger partial charge in [0.05, 0.1) is 13.2 Å². The van der Waals surface area contributed by atoms with Crippen LogP contribution in [0, 0.1) is 0 Å². The molecule has 7 heteroatoms. The standard InChI is InChI=1S/C10H16N4O3/c1-14(7-2-3-16-6-7)5-8-4-9(13-17-8)10(15)12-11/h4,7H,2-3,5-6,11H2,1H3,(H,12,15). The van der Waals surface area contributed by atoms with E-state index >= 15 is 0 Å². The fraction of sp³-hybridized carbons (Fsp3) is 0.600. The zero-order valence-corrected chi connectivity index (χ0v) is 9.68. The summed E-state index contributed by atoms with van der Waals surface area (Å²) in [4.78, 5) is 13.3. The van der Waals surface area contributed by atoms with Gasteiger partial charge in [-0.3, -0.25) is 15.1 Å². The highest BCUT2D eigenvalue weighted by molar-refractivity contribution is 5.91. The first kappa shape index (κ1) is 12.0. The summed E-state index contributed by atoms with van der Waals surface area (Å²) in [5.41, 5.74) is 2.20. The van der Waals surface area contributed by atoms with Gasteiger partial charge in [0.15, 0.2) is 11.5 Å². The van der Waals surface area contributed by atoms with Crippen LogP contribution in [0.4, 0.5) is 0 Å². The van der Waals surface area contributed by atoms with Gasteiger partial charge in [0.1, 0.15) is 0 Å². The number of hydrogen-bond donors (Lipinski definition) is 2. The van der Waals surface area contributed by atoms with E-state index < -0.39 is 5.91 Å². The summed E-state index contributed by atoms with van der Waals surface area (Å²) < 4.78 is 10.4. The molecule has 2 heterocycles. The number of nitrogens with two attached hydrogens (primary N) is 1. The molecular weight excluding hydrogens is 224 g/mol. The van der Waals surface area contributed by atoms with Gasteiger partial charge in [-0.25, -0.2) is 5.84 Å². The monoisotopic (exact) mass is 240 g/mol. The highest BCUT2D eigenvalue weighted by Gasteiger charge is 2.21. The maximum absolute atomic E-state index is 11.2. The van der Waals surface area contributed by atoms with Crippen molar-refractivity contribution in [2.45, 2.75) is 19.0 Å². The van der Waals surface area contributed by atoms with E-state index in [2.05, 4.69) is 10.1 Å². The lowest BCUT2D eigenvalue weighted by Crippen LogP contribution is -2.31. The molecule has 17 heavy (non-hydrogen) atoms. The van der Waals surface area contributed by atoms with Crippen LogP contribution in [-0.2, 0) is 11.3 Å². The highest BCUT2D eigenvalue weighted by atomic mass is 16.5. The van der Waals surface area contributed by atoms with E-state index in [-0.39, 0.29) is 5.69 Å². The maximum atomic E-state index is 11.2. The molecule has 1 saturated heterocycles. The molecule has 0 aromatic carbocycles. The molecule has 1 amide bonds. The molecule has 0 spiro atoms. The first-order valence-electron chi connectivity index (χ1n) is 5.45. The Morgan fingerprint density at radius 1 is 1.76 bits per heavy atom. The molecule has 1 aliphatic heterocycles. The molecule has 1 aromatic heterocycles. The van der Waals surface area contributed by atoms with E-state index in [1.54, 1.807) is 6.07 Å². The third kappa shape index (κ3) is 2.82. The quantitative estimate of drug-likeness (QED) is 0.418. The number of amides is 1. The average Bonchev–Trinajstić information content (AvgIpc) is 2.98. The van der Waals surface area contributed by atoms with Gasteiger partial charge in [0, 0.05) is 18.7 Å². The van der Waals surface area contributed by atoms with E-state index in [4.69, 9.17) is 15.1 Å². The summed E-state index contributed by atoms with van der Waals surface area (Å²) in [7, 11) is 1.99. The van der Waals surface area contributed by atoms with Crippen molar-refractivity contribution in [3.05, 3.63) is 17.5 Å². The molecule has 1 fully saturated rings. The Morgan fingerprint density at radius 3 is 3.24 bits per heavy atom. The fourth-order valence-corrected chi connectivity index (χ4v) is 1.81.